The van der Waals surface area contributed by atoms with Crippen molar-refractivity contribution in [1.29, 1.82) is 0 Å². The van der Waals surface area contributed by atoms with Gasteiger partial charge in [0.15, 0.2) is 0 Å². The van der Waals surface area contributed by atoms with Crippen LogP contribution in [0, 0.1) is 6.92 Å². The zero-order valence-corrected chi connectivity index (χ0v) is 14.7. The van der Waals surface area contributed by atoms with Crippen molar-refractivity contribution in [3.8, 4) is 11.5 Å². The fraction of sp³-hybridized carbons (Fsp3) is 0.316. The Hall–Kier alpha value is -2.70. The van der Waals surface area contributed by atoms with Crippen LogP contribution in [0.4, 0.5) is 18.9 Å². The van der Waals surface area contributed by atoms with E-state index in [1.807, 2.05) is 0 Å². The van der Waals surface area contributed by atoms with Gasteiger partial charge in [0.2, 0.25) is 5.91 Å². The van der Waals surface area contributed by atoms with E-state index in [0.717, 1.165) is 11.6 Å². The van der Waals surface area contributed by atoms with Crippen LogP contribution in [0.25, 0.3) is 0 Å². The predicted octanol–water partition coefficient (Wildman–Crippen LogP) is 4.60. The molecule has 0 spiro atoms. The summed E-state index contributed by atoms with van der Waals surface area (Å²) in [6.45, 7) is 1.38. The fourth-order valence-electron chi connectivity index (χ4n) is 2.50. The molecular weight excluding hydrogens is 347 g/mol. The SMILES string of the molecule is COc1cc(CCC(=O)Nc2ccc(C)c(C(F)(F)F)c2)cc(OC)c1. The van der Waals surface area contributed by atoms with Crippen molar-refractivity contribution in [3.05, 3.63) is 53.1 Å². The maximum absolute atomic E-state index is 12.9. The van der Waals surface area contributed by atoms with Gasteiger partial charge in [-0.25, -0.2) is 0 Å². The van der Waals surface area contributed by atoms with Gasteiger partial charge in [-0.05, 0) is 48.7 Å². The van der Waals surface area contributed by atoms with Crippen molar-refractivity contribution in [2.24, 2.45) is 0 Å². The smallest absolute Gasteiger partial charge is 0.416 e. The van der Waals surface area contributed by atoms with Crippen LogP contribution in [-0.2, 0) is 17.4 Å². The molecular formula is C19H20F3NO3. The van der Waals surface area contributed by atoms with Gasteiger partial charge in [0.05, 0.1) is 19.8 Å². The summed E-state index contributed by atoms with van der Waals surface area (Å²) >= 11 is 0. The monoisotopic (exact) mass is 367 g/mol. The van der Waals surface area contributed by atoms with E-state index in [-0.39, 0.29) is 23.6 Å². The normalized spacial score (nSPS) is 11.2. The zero-order chi connectivity index (χ0) is 19.3. The highest BCUT2D eigenvalue weighted by molar-refractivity contribution is 5.91. The molecule has 0 radical (unpaired) electrons. The van der Waals surface area contributed by atoms with E-state index in [2.05, 4.69) is 5.32 Å². The number of benzene rings is 2. The molecule has 0 heterocycles. The zero-order valence-electron chi connectivity index (χ0n) is 14.7. The van der Waals surface area contributed by atoms with Crippen LogP contribution in [0.5, 0.6) is 11.5 Å². The van der Waals surface area contributed by atoms with E-state index >= 15 is 0 Å². The standard InChI is InChI=1S/C19H20F3NO3/c1-12-4-6-14(10-17(12)19(20,21)22)23-18(24)7-5-13-8-15(25-2)11-16(9-13)26-3/h4,6,8-11H,5,7H2,1-3H3,(H,23,24). The van der Waals surface area contributed by atoms with Gasteiger partial charge in [0.1, 0.15) is 11.5 Å². The van der Waals surface area contributed by atoms with E-state index in [1.165, 1.54) is 33.3 Å². The lowest BCUT2D eigenvalue weighted by Crippen LogP contribution is -2.14. The largest absolute Gasteiger partial charge is 0.497 e. The summed E-state index contributed by atoms with van der Waals surface area (Å²) in [4.78, 5) is 12.1. The molecule has 0 saturated heterocycles. The van der Waals surface area contributed by atoms with Crippen LogP contribution in [0.3, 0.4) is 0 Å². The summed E-state index contributed by atoms with van der Waals surface area (Å²) in [5.74, 6) is 0.838. The molecule has 0 aromatic heterocycles. The second-order valence-electron chi connectivity index (χ2n) is 5.80. The highest BCUT2D eigenvalue weighted by atomic mass is 19.4. The Morgan fingerprint density at radius 2 is 1.65 bits per heavy atom. The van der Waals surface area contributed by atoms with Crippen molar-refractivity contribution >= 4 is 11.6 Å². The second kappa shape index (κ2) is 8.12. The molecule has 0 saturated carbocycles. The lowest BCUT2D eigenvalue weighted by Gasteiger charge is -2.13. The lowest BCUT2D eigenvalue weighted by molar-refractivity contribution is -0.138. The summed E-state index contributed by atoms with van der Waals surface area (Å²) in [7, 11) is 3.06. The molecule has 0 aliphatic rings. The Balaban J connectivity index is 2.04. The van der Waals surface area contributed by atoms with E-state index in [0.29, 0.717) is 17.9 Å². The first-order valence-electron chi connectivity index (χ1n) is 7.92. The van der Waals surface area contributed by atoms with Crippen LogP contribution in [0.2, 0.25) is 0 Å². The molecule has 2 aromatic rings. The molecule has 0 unspecified atom stereocenters. The van der Waals surface area contributed by atoms with Gasteiger partial charge < -0.3 is 14.8 Å². The number of hydrogen-bond donors (Lipinski definition) is 1. The number of anilines is 1. The summed E-state index contributed by atoms with van der Waals surface area (Å²) < 4.78 is 49.2. The fourth-order valence-corrected chi connectivity index (χ4v) is 2.50. The molecule has 26 heavy (non-hydrogen) atoms. The maximum Gasteiger partial charge on any atom is 0.416 e. The van der Waals surface area contributed by atoms with Crippen molar-refractivity contribution in [2.75, 3.05) is 19.5 Å². The summed E-state index contributed by atoms with van der Waals surface area (Å²) in [6, 6.07) is 9.02. The topological polar surface area (TPSA) is 47.6 Å². The van der Waals surface area contributed by atoms with Gasteiger partial charge in [0, 0.05) is 18.2 Å². The molecule has 0 fully saturated rings. The van der Waals surface area contributed by atoms with Gasteiger partial charge in [-0.15, -0.1) is 0 Å². The number of carbonyl (C=O) groups excluding carboxylic acids is 1. The van der Waals surface area contributed by atoms with Gasteiger partial charge in [-0.1, -0.05) is 6.07 Å². The van der Waals surface area contributed by atoms with E-state index in [4.69, 9.17) is 9.47 Å². The van der Waals surface area contributed by atoms with Crippen LogP contribution < -0.4 is 14.8 Å². The Labute approximate surface area is 149 Å². The highest BCUT2D eigenvalue weighted by Gasteiger charge is 2.32. The molecule has 1 N–H and O–H groups in total. The van der Waals surface area contributed by atoms with Gasteiger partial charge >= 0.3 is 6.18 Å². The number of methoxy groups -OCH3 is 2. The van der Waals surface area contributed by atoms with Crippen LogP contribution in [0.1, 0.15) is 23.1 Å². The van der Waals surface area contributed by atoms with E-state index in [1.54, 1.807) is 18.2 Å². The predicted molar refractivity (Wildman–Crippen MR) is 92.7 cm³/mol. The Bertz CT molecular complexity index is 766. The molecule has 140 valence electrons. The molecule has 0 atom stereocenters. The molecule has 0 aliphatic carbocycles. The number of aryl methyl sites for hydroxylation is 2. The third-order valence-corrected chi connectivity index (χ3v) is 3.88. The molecule has 2 rings (SSSR count). The minimum atomic E-state index is -4.46. The van der Waals surface area contributed by atoms with Crippen molar-refractivity contribution < 1.29 is 27.4 Å². The third kappa shape index (κ3) is 5.15. The quantitative estimate of drug-likeness (QED) is 0.812. The molecule has 0 aliphatic heterocycles. The molecule has 7 heteroatoms. The highest BCUT2D eigenvalue weighted by Crippen LogP contribution is 2.33. The number of hydrogen-bond acceptors (Lipinski definition) is 3. The van der Waals surface area contributed by atoms with Crippen molar-refractivity contribution in [1.82, 2.24) is 0 Å². The minimum absolute atomic E-state index is 0.110. The first-order valence-corrected chi connectivity index (χ1v) is 7.92. The second-order valence-corrected chi connectivity index (χ2v) is 5.80. The number of amides is 1. The Kier molecular flexibility index (Phi) is 6.13. The Morgan fingerprint density at radius 3 is 2.19 bits per heavy atom. The lowest BCUT2D eigenvalue weighted by atomic mass is 10.1. The summed E-state index contributed by atoms with van der Waals surface area (Å²) in [6.07, 6.45) is -3.94. The summed E-state index contributed by atoms with van der Waals surface area (Å²) in [5, 5.41) is 2.51. The summed E-state index contributed by atoms with van der Waals surface area (Å²) in [5.41, 5.74) is 0.305. The number of halogens is 3. The number of ether oxygens (including phenoxy) is 2. The Morgan fingerprint density at radius 1 is 1.04 bits per heavy atom. The maximum atomic E-state index is 12.9. The van der Waals surface area contributed by atoms with Crippen molar-refractivity contribution in [2.45, 2.75) is 25.9 Å². The third-order valence-electron chi connectivity index (χ3n) is 3.88. The number of alkyl halides is 3. The first kappa shape index (κ1) is 19.6. The van der Waals surface area contributed by atoms with Crippen LogP contribution in [0.15, 0.2) is 36.4 Å². The average molecular weight is 367 g/mol. The van der Waals surface area contributed by atoms with Gasteiger partial charge in [-0.2, -0.15) is 13.2 Å². The van der Waals surface area contributed by atoms with Gasteiger partial charge in [0.25, 0.3) is 0 Å². The van der Waals surface area contributed by atoms with Crippen LogP contribution >= 0.6 is 0 Å². The number of rotatable bonds is 6. The average Bonchev–Trinajstić information content (AvgIpc) is 2.60. The first-order chi connectivity index (χ1) is 12.2. The molecule has 2 aromatic carbocycles. The number of carbonyl (C=O) groups is 1. The molecule has 4 nitrogen and oxygen atoms in total. The minimum Gasteiger partial charge on any atom is -0.497 e. The van der Waals surface area contributed by atoms with Gasteiger partial charge in [-0.3, -0.25) is 4.79 Å². The van der Waals surface area contributed by atoms with E-state index < -0.39 is 11.7 Å². The van der Waals surface area contributed by atoms with Crippen molar-refractivity contribution in [3.63, 3.8) is 0 Å². The van der Waals surface area contributed by atoms with E-state index in [9.17, 15) is 18.0 Å². The number of nitrogens with one attached hydrogen (secondary N) is 1. The molecule has 1 amide bonds. The van der Waals surface area contributed by atoms with Crippen LogP contribution in [-0.4, -0.2) is 20.1 Å². The molecule has 0 bridgehead atoms.